The van der Waals surface area contributed by atoms with Crippen molar-refractivity contribution < 1.29 is 19.8 Å². The Morgan fingerprint density at radius 1 is 1.16 bits per heavy atom. The molecule has 1 rings (SSSR count). The predicted octanol–water partition coefficient (Wildman–Crippen LogP) is 1.54. The van der Waals surface area contributed by atoms with Crippen molar-refractivity contribution in [2.45, 2.75) is 58.0 Å². The third-order valence-corrected chi connectivity index (χ3v) is 4.33. The summed E-state index contributed by atoms with van der Waals surface area (Å²) in [5.74, 6) is -2.15. The highest BCUT2D eigenvalue weighted by atomic mass is 16.4. The molecule has 3 N–H and O–H groups in total. The number of carboxylic acid groups (broad SMARTS) is 1. The van der Waals surface area contributed by atoms with Gasteiger partial charge in [0.2, 0.25) is 5.91 Å². The number of aliphatic carboxylic acids is 1. The number of carbonyl (C=O) groups is 2. The minimum Gasteiger partial charge on any atom is -0.481 e. The van der Waals surface area contributed by atoms with Gasteiger partial charge in [0.1, 0.15) is 0 Å². The van der Waals surface area contributed by atoms with Crippen LogP contribution in [0.25, 0.3) is 0 Å². The van der Waals surface area contributed by atoms with Gasteiger partial charge >= 0.3 is 5.97 Å². The lowest BCUT2D eigenvalue weighted by atomic mass is 9.78. The predicted molar refractivity (Wildman–Crippen MR) is 71.6 cm³/mol. The van der Waals surface area contributed by atoms with Crippen molar-refractivity contribution in [2.24, 2.45) is 11.8 Å². The summed E-state index contributed by atoms with van der Waals surface area (Å²) in [6.45, 7) is 3.94. The van der Waals surface area contributed by atoms with Gasteiger partial charge in [-0.2, -0.15) is 0 Å². The number of carboxylic acids is 1. The molecule has 2 atom stereocenters. The molecule has 1 fully saturated rings. The normalized spacial score (nSPS) is 23.9. The van der Waals surface area contributed by atoms with Crippen molar-refractivity contribution in [1.82, 2.24) is 5.32 Å². The zero-order valence-corrected chi connectivity index (χ0v) is 11.8. The largest absolute Gasteiger partial charge is 0.481 e. The molecule has 5 heteroatoms. The Labute approximate surface area is 114 Å². The minimum absolute atomic E-state index is 0.196. The zero-order chi connectivity index (χ0) is 14.5. The van der Waals surface area contributed by atoms with Gasteiger partial charge in [0.05, 0.1) is 17.4 Å². The fourth-order valence-corrected chi connectivity index (χ4v) is 2.62. The van der Waals surface area contributed by atoms with Crippen LogP contribution in [0.5, 0.6) is 0 Å². The Kier molecular flexibility index (Phi) is 5.79. The summed E-state index contributed by atoms with van der Waals surface area (Å²) in [4.78, 5) is 23.3. The Balaban J connectivity index is 2.58. The van der Waals surface area contributed by atoms with E-state index < -0.39 is 23.4 Å². The molecule has 1 aliphatic rings. The van der Waals surface area contributed by atoms with Gasteiger partial charge in [0, 0.05) is 6.54 Å². The maximum Gasteiger partial charge on any atom is 0.307 e. The van der Waals surface area contributed by atoms with E-state index in [1.165, 1.54) is 0 Å². The molecule has 2 unspecified atom stereocenters. The van der Waals surface area contributed by atoms with Gasteiger partial charge in [-0.05, 0) is 25.7 Å². The SMILES string of the molecule is CCC(O)(CC)CNC(=O)C1CCCCC1C(=O)O. The van der Waals surface area contributed by atoms with E-state index in [0.29, 0.717) is 25.7 Å². The second-order valence-corrected chi connectivity index (χ2v) is 5.48. The van der Waals surface area contributed by atoms with E-state index in [9.17, 15) is 14.7 Å². The molecular formula is C14H25NO4. The molecule has 1 saturated carbocycles. The number of hydrogen-bond donors (Lipinski definition) is 3. The molecule has 1 aliphatic carbocycles. The molecule has 0 aromatic carbocycles. The first-order chi connectivity index (χ1) is 8.93. The van der Waals surface area contributed by atoms with Gasteiger partial charge in [-0.25, -0.2) is 0 Å². The molecule has 5 nitrogen and oxygen atoms in total. The van der Waals surface area contributed by atoms with Crippen LogP contribution < -0.4 is 5.32 Å². The van der Waals surface area contributed by atoms with Crippen LogP contribution in [0.2, 0.25) is 0 Å². The number of rotatable bonds is 6. The third kappa shape index (κ3) is 4.20. The van der Waals surface area contributed by atoms with Gasteiger partial charge in [-0.3, -0.25) is 9.59 Å². The van der Waals surface area contributed by atoms with Gasteiger partial charge < -0.3 is 15.5 Å². The van der Waals surface area contributed by atoms with E-state index in [-0.39, 0.29) is 12.5 Å². The van der Waals surface area contributed by atoms with Gasteiger partial charge in [-0.15, -0.1) is 0 Å². The first-order valence-electron chi connectivity index (χ1n) is 7.16. The van der Waals surface area contributed by atoms with Crippen molar-refractivity contribution in [3.8, 4) is 0 Å². The van der Waals surface area contributed by atoms with Crippen LogP contribution in [0.4, 0.5) is 0 Å². The highest BCUT2D eigenvalue weighted by Gasteiger charge is 2.36. The molecule has 0 aliphatic heterocycles. The van der Waals surface area contributed by atoms with E-state index in [1.807, 2.05) is 13.8 Å². The van der Waals surface area contributed by atoms with Crippen LogP contribution in [-0.2, 0) is 9.59 Å². The zero-order valence-electron chi connectivity index (χ0n) is 11.8. The summed E-state index contributed by atoms with van der Waals surface area (Å²) in [5, 5.41) is 22.0. The maximum absolute atomic E-state index is 12.1. The Bertz CT molecular complexity index is 325. The third-order valence-electron chi connectivity index (χ3n) is 4.33. The lowest BCUT2D eigenvalue weighted by Crippen LogP contribution is -2.46. The minimum atomic E-state index is -0.888. The topological polar surface area (TPSA) is 86.6 Å². The smallest absolute Gasteiger partial charge is 0.307 e. The maximum atomic E-state index is 12.1. The molecule has 0 heterocycles. The lowest BCUT2D eigenvalue weighted by Gasteiger charge is -2.30. The Morgan fingerprint density at radius 3 is 2.16 bits per heavy atom. The number of hydrogen-bond acceptors (Lipinski definition) is 3. The van der Waals surface area contributed by atoms with Crippen molar-refractivity contribution in [3.05, 3.63) is 0 Å². The number of nitrogens with one attached hydrogen (secondary N) is 1. The van der Waals surface area contributed by atoms with E-state index in [4.69, 9.17) is 5.11 Å². The molecule has 1 amide bonds. The summed E-state index contributed by atoms with van der Waals surface area (Å²) in [6, 6.07) is 0. The van der Waals surface area contributed by atoms with Gasteiger partial charge in [0.15, 0.2) is 0 Å². The second-order valence-electron chi connectivity index (χ2n) is 5.48. The standard InChI is InChI=1S/C14H25NO4/c1-3-14(19,4-2)9-15-12(16)10-7-5-6-8-11(10)13(17)18/h10-11,19H,3-9H2,1-2H3,(H,15,16)(H,17,18). The molecule has 110 valence electrons. The van der Waals surface area contributed by atoms with E-state index >= 15 is 0 Å². The quantitative estimate of drug-likeness (QED) is 0.684. The van der Waals surface area contributed by atoms with E-state index in [2.05, 4.69) is 5.32 Å². The second kappa shape index (κ2) is 6.89. The molecule has 0 aromatic heterocycles. The first-order valence-corrected chi connectivity index (χ1v) is 7.16. The van der Waals surface area contributed by atoms with Crippen LogP contribution in [0, 0.1) is 11.8 Å². The van der Waals surface area contributed by atoms with Crippen molar-refractivity contribution >= 4 is 11.9 Å². The molecule has 0 spiro atoms. The number of amides is 1. The molecule has 0 radical (unpaired) electrons. The fraction of sp³-hybridized carbons (Fsp3) is 0.857. The van der Waals surface area contributed by atoms with Crippen LogP contribution in [-0.4, -0.2) is 34.2 Å². The van der Waals surface area contributed by atoms with Crippen molar-refractivity contribution in [3.63, 3.8) is 0 Å². The molecular weight excluding hydrogens is 246 g/mol. The van der Waals surface area contributed by atoms with Gasteiger partial charge in [0.25, 0.3) is 0 Å². The van der Waals surface area contributed by atoms with Crippen LogP contribution in [0.1, 0.15) is 52.4 Å². The average Bonchev–Trinajstić information content (AvgIpc) is 2.44. The summed E-state index contributed by atoms with van der Waals surface area (Å²) >= 11 is 0. The number of aliphatic hydroxyl groups is 1. The van der Waals surface area contributed by atoms with Crippen molar-refractivity contribution in [2.75, 3.05) is 6.54 Å². The van der Waals surface area contributed by atoms with Crippen LogP contribution in [0.3, 0.4) is 0 Å². The molecule has 19 heavy (non-hydrogen) atoms. The summed E-state index contributed by atoms with van der Waals surface area (Å²) in [6.07, 6.45) is 4.09. The highest BCUT2D eigenvalue weighted by Crippen LogP contribution is 2.30. The summed E-state index contributed by atoms with van der Waals surface area (Å²) in [5.41, 5.74) is -0.886. The van der Waals surface area contributed by atoms with Crippen molar-refractivity contribution in [1.29, 1.82) is 0 Å². The Morgan fingerprint density at radius 2 is 1.68 bits per heavy atom. The fourth-order valence-electron chi connectivity index (χ4n) is 2.62. The first kappa shape index (κ1) is 16.0. The summed E-state index contributed by atoms with van der Waals surface area (Å²) in [7, 11) is 0. The highest BCUT2D eigenvalue weighted by molar-refractivity contribution is 5.84. The average molecular weight is 271 g/mol. The van der Waals surface area contributed by atoms with Crippen LogP contribution in [0.15, 0.2) is 0 Å². The number of carbonyl (C=O) groups excluding carboxylic acids is 1. The molecule has 0 bridgehead atoms. The monoisotopic (exact) mass is 271 g/mol. The lowest BCUT2D eigenvalue weighted by molar-refractivity contribution is -0.149. The molecule has 0 aromatic rings. The van der Waals surface area contributed by atoms with E-state index in [1.54, 1.807) is 0 Å². The van der Waals surface area contributed by atoms with Crippen LogP contribution >= 0.6 is 0 Å². The van der Waals surface area contributed by atoms with E-state index in [0.717, 1.165) is 12.8 Å². The molecule has 0 saturated heterocycles. The Hall–Kier alpha value is -1.10. The van der Waals surface area contributed by atoms with Gasteiger partial charge in [-0.1, -0.05) is 26.7 Å². The summed E-state index contributed by atoms with van der Waals surface area (Å²) < 4.78 is 0.